The second-order valence-electron chi connectivity index (χ2n) is 5.15. The van der Waals surface area contributed by atoms with E-state index in [-0.39, 0.29) is 11.9 Å². The van der Waals surface area contributed by atoms with Gasteiger partial charge in [-0.15, -0.1) is 0 Å². The van der Waals surface area contributed by atoms with Crippen LogP contribution in [0.5, 0.6) is 0 Å². The topological polar surface area (TPSA) is 44.4 Å². The molecule has 0 saturated carbocycles. The lowest BCUT2D eigenvalue weighted by Gasteiger charge is -2.23. The highest BCUT2D eigenvalue weighted by Crippen LogP contribution is 2.07. The Hall–Kier alpha value is -0.260. The molecule has 4 nitrogen and oxygen atoms in total. The van der Waals surface area contributed by atoms with E-state index in [0.717, 1.165) is 44.0 Å². The zero-order valence-electron chi connectivity index (χ0n) is 11.9. The van der Waals surface area contributed by atoms with Gasteiger partial charge in [0.05, 0.1) is 6.04 Å². The predicted molar refractivity (Wildman–Crippen MR) is 79.1 cm³/mol. The van der Waals surface area contributed by atoms with Crippen molar-refractivity contribution in [3.05, 3.63) is 0 Å². The van der Waals surface area contributed by atoms with Gasteiger partial charge in [-0.25, -0.2) is 0 Å². The van der Waals surface area contributed by atoms with Crippen molar-refractivity contribution in [1.29, 1.82) is 0 Å². The molecule has 0 spiro atoms. The van der Waals surface area contributed by atoms with E-state index in [1.807, 2.05) is 11.8 Å². The SMILES string of the molecule is CC(C)N(C)CCCCNC(=O)C1CSCCN1. The van der Waals surface area contributed by atoms with E-state index in [4.69, 9.17) is 0 Å². The first-order chi connectivity index (χ1) is 8.61. The van der Waals surface area contributed by atoms with Crippen LogP contribution in [0.4, 0.5) is 0 Å². The maximum Gasteiger partial charge on any atom is 0.237 e. The van der Waals surface area contributed by atoms with Gasteiger partial charge in [0.2, 0.25) is 5.91 Å². The molecule has 0 aromatic carbocycles. The van der Waals surface area contributed by atoms with Crippen LogP contribution >= 0.6 is 11.8 Å². The van der Waals surface area contributed by atoms with Crippen LogP contribution in [0.25, 0.3) is 0 Å². The number of amides is 1. The Morgan fingerprint density at radius 2 is 2.28 bits per heavy atom. The highest BCUT2D eigenvalue weighted by atomic mass is 32.2. The van der Waals surface area contributed by atoms with Gasteiger partial charge in [0.25, 0.3) is 0 Å². The Bertz CT molecular complexity index is 242. The summed E-state index contributed by atoms with van der Waals surface area (Å²) in [6.45, 7) is 7.25. The molecule has 1 aliphatic heterocycles. The molecule has 0 aromatic heterocycles. The average molecular weight is 273 g/mol. The van der Waals surface area contributed by atoms with E-state index >= 15 is 0 Å². The molecule has 1 unspecified atom stereocenters. The van der Waals surface area contributed by atoms with Crippen LogP contribution in [0.15, 0.2) is 0 Å². The molecular formula is C13H27N3OS. The third-order valence-electron chi connectivity index (χ3n) is 3.36. The normalized spacial score (nSPS) is 20.4. The maximum atomic E-state index is 11.8. The quantitative estimate of drug-likeness (QED) is 0.677. The van der Waals surface area contributed by atoms with Crippen LogP contribution in [0, 0.1) is 0 Å². The van der Waals surface area contributed by atoms with E-state index in [1.165, 1.54) is 0 Å². The third kappa shape index (κ3) is 6.07. The molecule has 1 heterocycles. The van der Waals surface area contributed by atoms with E-state index in [1.54, 1.807) is 0 Å². The number of nitrogens with zero attached hydrogens (tertiary/aromatic N) is 1. The number of hydrogen-bond acceptors (Lipinski definition) is 4. The standard InChI is InChI=1S/C13H27N3OS/c1-11(2)16(3)8-5-4-6-15-13(17)12-10-18-9-7-14-12/h11-12,14H,4-10H2,1-3H3,(H,15,17). The summed E-state index contributed by atoms with van der Waals surface area (Å²) in [7, 11) is 2.15. The van der Waals surface area contributed by atoms with Crippen LogP contribution in [0.3, 0.4) is 0 Å². The van der Waals surface area contributed by atoms with Crippen molar-refractivity contribution in [2.45, 2.75) is 38.8 Å². The van der Waals surface area contributed by atoms with Crippen molar-refractivity contribution in [2.24, 2.45) is 0 Å². The summed E-state index contributed by atoms with van der Waals surface area (Å²) in [6.07, 6.45) is 2.20. The van der Waals surface area contributed by atoms with Gasteiger partial charge < -0.3 is 15.5 Å². The summed E-state index contributed by atoms with van der Waals surface area (Å²) < 4.78 is 0. The summed E-state index contributed by atoms with van der Waals surface area (Å²) in [5, 5.41) is 6.27. The minimum atomic E-state index is 0.0158. The van der Waals surface area contributed by atoms with Crippen molar-refractivity contribution < 1.29 is 4.79 Å². The number of carbonyl (C=O) groups excluding carboxylic acids is 1. The highest BCUT2D eigenvalue weighted by Gasteiger charge is 2.19. The smallest absolute Gasteiger partial charge is 0.237 e. The van der Waals surface area contributed by atoms with Gasteiger partial charge in [0.15, 0.2) is 0 Å². The van der Waals surface area contributed by atoms with Gasteiger partial charge in [0, 0.05) is 30.6 Å². The van der Waals surface area contributed by atoms with Gasteiger partial charge in [-0.05, 0) is 40.3 Å². The summed E-state index contributed by atoms with van der Waals surface area (Å²) >= 11 is 1.85. The van der Waals surface area contributed by atoms with Crippen LogP contribution in [-0.2, 0) is 4.79 Å². The number of unbranched alkanes of at least 4 members (excludes halogenated alkanes) is 1. The lowest BCUT2D eigenvalue weighted by atomic mass is 10.2. The molecule has 1 atom stereocenters. The summed E-state index contributed by atoms with van der Waals surface area (Å²) in [5.74, 6) is 2.19. The highest BCUT2D eigenvalue weighted by molar-refractivity contribution is 7.99. The molecule has 0 bridgehead atoms. The Balaban J connectivity index is 2.01. The largest absolute Gasteiger partial charge is 0.355 e. The molecule has 1 fully saturated rings. The molecule has 0 aromatic rings. The minimum absolute atomic E-state index is 0.0158. The first-order valence-electron chi connectivity index (χ1n) is 6.90. The first-order valence-corrected chi connectivity index (χ1v) is 8.06. The van der Waals surface area contributed by atoms with E-state index in [0.29, 0.717) is 6.04 Å². The molecule has 1 rings (SSSR count). The van der Waals surface area contributed by atoms with Crippen LogP contribution in [0.1, 0.15) is 26.7 Å². The van der Waals surface area contributed by atoms with Gasteiger partial charge >= 0.3 is 0 Å². The summed E-state index contributed by atoms with van der Waals surface area (Å²) in [4.78, 5) is 14.1. The molecular weight excluding hydrogens is 246 g/mol. The van der Waals surface area contributed by atoms with E-state index < -0.39 is 0 Å². The van der Waals surface area contributed by atoms with E-state index in [9.17, 15) is 4.79 Å². The number of carbonyl (C=O) groups is 1. The maximum absolute atomic E-state index is 11.8. The van der Waals surface area contributed by atoms with Gasteiger partial charge in [-0.2, -0.15) is 11.8 Å². The van der Waals surface area contributed by atoms with Crippen LogP contribution in [0.2, 0.25) is 0 Å². The minimum Gasteiger partial charge on any atom is -0.355 e. The zero-order valence-corrected chi connectivity index (χ0v) is 12.7. The molecule has 106 valence electrons. The molecule has 5 heteroatoms. The van der Waals surface area contributed by atoms with Crippen molar-refractivity contribution in [3.63, 3.8) is 0 Å². The molecule has 0 radical (unpaired) electrons. The lowest BCUT2D eigenvalue weighted by molar-refractivity contribution is -0.122. The molecule has 18 heavy (non-hydrogen) atoms. The number of nitrogens with one attached hydrogen (secondary N) is 2. The Labute approximate surface area is 115 Å². The lowest BCUT2D eigenvalue weighted by Crippen LogP contribution is -2.49. The Kier molecular flexibility index (Phi) is 7.70. The Morgan fingerprint density at radius 3 is 2.89 bits per heavy atom. The number of hydrogen-bond donors (Lipinski definition) is 2. The second kappa shape index (κ2) is 8.77. The van der Waals surface area contributed by atoms with Crippen molar-refractivity contribution in [1.82, 2.24) is 15.5 Å². The van der Waals surface area contributed by atoms with Crippen molar-refractivity contribution >= 4 is 17.7 Å². The van der Waals surface area contributed by atoms with Crippen LogP contribution in [-0.4, -0.2) is 61.1 Å². The second-order valence-corrected chi connectivity index (χ2v) is 6.30. The van der Waals surface area contributed by atoms with Crippen molar-refractivity contribution in [2.75, 3.05) is 38.2 Å². The fourth-order valence-electron chi connectivity index (χ4n) is 1.81. The molecule has 2 N–H and O–H groups in total. The third-order valence-corrected chi connectivity index (χ3v) is 4.42. The van der Waals surface area contributed by atoms with Gasteiger partial charge in [-0.3, -0.25) is 4.79 Å². The summed E-state index contributed by atoms with van der Waals surface area (Å²) in [6, 6.07) is 0.616. The first kappa shape index (κ1) is 15.8. The fourth-order valence-corrected chi connectivity index (χ4v) is 2.75. The van der Waals surface area contributed by atoms with Gasteiger partial charge in [0.1, 0.15) is 0 Å². The summed E-state index contributed by atoms with van der Waals surface area (Å²) in [5.41, 5.74) is 0. The fraction of sp³-hybridized carbons (Fsp3) is 0.923. The van der Waals surface area contributed by atoms with Crippen LogP contribution < -0.4 is 10.6 Å². The molecule has 0 aliphatic carbocycles. The molecule has 1 aliphatic rings. The number of rotatable bonds is 7. The zero-order chi connectivity index (χ0) is 13.4. The predicted octanol–water partition coefficient (Wildman–Crippen LogP) is 0.928. The molecule has 1 saturated heterocycles. The monoisotopic (exact) mass is 273 g/mol. The van der Waals surface area contributed by atoms with Crippen molar-refractivity contribution in [3.8, 4) is 0 Å². The molecule has 1 amide bonds. The van der Waals surface area contributed by atoms with Gasteiger partial charge in [-0.1, -0.05) is 0 Å². The Morgan fingerprint density at radius 1 is 1.50 bits per heavy atom. The van der Waals surface area contributed by atoms with E-state index in [2.05, 4.69) is 36.4 Å². The number of thioether (sulfide) groups is 1. The average Bonchev–Trinajstić information content (AvgIpc) is 2.38.